The average molecular weight is 304 g/mol. The van der Waals surface area contributed by atoms with Gasteiger partial charge >= 0.3 is 0 Å². The van der Waals surface area contributed by atoms with Crippen LogP contribution in [0.25, 0.3) is 32.9 Å². The van der Waals surface area contributed by atoms with Gasteiger partial charge in [0, 0.05) is 11.8 Å². The summed E-state index contributed by atoms with van der Waals surface area (Å²) < 4.78 is 14.9. The van der Waals surface area contributed by atoms with Gasteiger partial charge in [-0.15, -0.1) is 0 Å². The monoisotopic (exact) mass is 304 g/mol. The Labute approximate surface area is 131 Å². The van der Waals surface area contributed by atoms with E-state index in [4.69, 9.17) is 5.73 Å². The Kier molecular flexibility index (Phi) is 2.94. The van der Waals surface area contributed by atoms with Gasteiger partial charge in [0.2, 0.25) is 0 Å². The summed E-state index contributed by atoms with van der Waals surface area (Å²) in [6, 6.07) is 11.8. The predicted octanol–water partition coefficient (Wildman–Crippen LogP) is 3.87. The molecule has 23 heavy (non-hydrogen) atoms. The molecule has 112 valence electrons. The Balaban J connectivity index is 2.05. The van der Waals surface area contributed by atoms with Gasteiger partial charge < -0.3 is 5.73 Å². The quantitative estimate of drug-likeness (QED) is 0.579. The summed E-state index contributed by atoms with van der Waals surface area (Å²) in [6.07, 6.45) is 2.78. The lowest BCUT2D eigenvalue weighted by Gasteiger charge is -2.09. The summed E-state index contributed by atoms with van der Waals surface area (Å²) in [4.78, 5) is 12.2. The van der Waals surface area contributed by atoms with E-state index < -0.39 is 5.82 Å². The van der Waals surface area contributed by atoms with Gasteiger partial charge in [-0.1, -0.05) is 42.0 Å². The molecule has 0 aliphatic carbocycles. The van der Waals surface area contributed by atoms with E-state index in [0.29, 0.717) is 5.39 Å². The third kappa shape index (κ3) is 2.09. The van der Waals surface area contributed by atoms with E-state index in [1.54, 1.807) is 0 Å². The van der Waals surface area contributed by atoms with Gasteiger partial charge in [0.05, 0.1) is 5.39 Å². The van der Waals surface area contributed by atoms with Crippen LogP contribution in [-0.4, -0.2) is 15.0 Å². The fourth-order valence-electron chi connectivity index (χ4n) is 2.81. The maximum atomic E-state index is 14.9. The molecule has 0 saturated carbocycles. The van der Waals surface area contributed by atoms with Crippen molar-refractivity contribution in [1.29, 1.82) is 0 Å². The van der Waals surface area contributed by atoms with Crippen LogP contribution in [0.5, 0.6) is 0 Å². The molecule has 0 amide bonds. The first-order valence-corrected chi connectivity index (χ1v) is 7.19. The highest BCUT2D eigenvalue weighted by molar-refractivity contribution is 5.98. The van der Waals surface area contributed by atoms with Crippen molar-refractivity contribution in [3.63, 3.8) is 0 Å². The summed E-state index contributed by atoms with van der Waals surface area (Å²) in [7, 11) is 0. The minimum Gasteiger partial charge on any atom is -0.383 e. The van der Waals surface area contributed by atoms with Gasteiger partial charge in [0.15, 0.2) is 5.82 Å². The van der Waals surface area contributed by atoms with Gasteiger partial charge in [0.1, 0.15) is 23.4 Å². The zero-order valence-electron chi connectivity index (χ0n) is 12.4. The van der Waals surface area contributed by atoms with Crippen LogP contribution in [0.2, 0.25) is 0 Å². The summed E-state index contributed by atoms with van der Waals surface area (Å²) >= 11 is 0. The van der Waals surface area contributed by atoms with Gasteiger partial charge in [-0.25, -0.2) is 14.4 Å². The molecule has 0 fully saturated rings. The minimum atomic E-state index is -0.482. The van der Waals surface area contributed by atoms with E-state index in [2.05, 4.69) is 21.0 Å². The molecule has 4 aromatic rings. The van der Waals surface area contributed by atoms with E-state index >= 15 is 0 Å². The molecule has 0 aliphatic rings. The van der Waals surface area contributed by atoms with Crippen molar-refractivity contribution in [3.8, 4) is 11.3 Å². The molecule has 0 aliphatic heterocycles. The Bertz CT molecular complexity index is 1060. The molecule has 0 bridgehead atoms. The summed E-state index contributed by atoms with van der Waals surface area (Å²) in [5.41, 5.74) is 8.11. The van der Waals surface area contributed by atoms with Crippen LogP contribution in [0.15, 0.2) is 48.9 Å². The zero-order valence-corrected chi connectivity index (χ0v) is 12.4. The maximum absolute atomic E-state index is 14.9. The molecule has 4 rings (SSSR count). The van der Waals surface area contributed by atoms with Crippen molar-refractivity contribution in [2.75, 3.05) is 5.73 Å². The smallest absolute Gasteiger partial charge is 0.175 e. The second-order valence-corrected chi connectivity index (χ2v) is 5.47. The summed E-state index contributed by atoms with van der Waals surface area (Å²) in [6.45, 7) is 2.03. The predicted molar refractivity (Wildman–Crippen MR) is 89.4 cm³/mol. The number of aryl methyl sites for hydroxylation is 1. The van der Waals surface area contributed by atoms with Crippen LogP contribution in [0.1, 0.15) is 5.56 Å². The zero-order chi connectivity index (χ0) is 16.0. The Morgan fingerprint density at radius 1 is 1.00 bits per heavy atom. The standard InChI is InChI=1S/C18H13FN4/c1-10-5-6-12-11(7-10)3-2-4-13(12)16-15(19)17-14(8-21-16)18(20)23-9-22-17/h2-9H,1H3,(H2,20,22,23). The highest BCUT2D eigenvalue weighted by atomic mass is 19.1. The summed E-state index contributed by atoms with van der Waals surface area (Å²) in [5, 5.41) is 2.42. The number of hydrogen-bond acceptors (Lipinski definition) is 4. The van der Waals surface area contributed by atoms with Crippen molar-refractivity contribution in [2.24, 2.45) is 0 Å². The molecule has 5 heteroatoms. The molecular weight excluding hydrogens is 291 g/mol. The number of hydrogen-bond donors (Lipinski definition) is 1. The molecule has 0 spiro atoms. The highest BCUT2D eigenvalue weighted by Gasteiger charge is 2.15. The molecule has 0 radical (unpaired) electrons. The third-order valence-corrected chi connectivity index (χ3v) is 3.94. The average Bonchev–Trinajstić information content (AvgIpc) is 2.55. The Morgan fingerprint density at radius 3 is 2.74 bits per heavy atom. The number of rotatable bonds is 1. The number of anilines is 1. The lowest BCUT2D eigenvalue weighted by molar-refractivity contribution is 0.635. The van der Waals surface area contributed by atoms with Gasteiger partial charge in [-0.05, 0) is 17.7 Å². The Morgan fingerprint density at radius 2 is 1.87 bits per heavy atom. The van der Waals surface area contributed by atoms with Crippen LogP contribution in [-0.2, 0) is 0 Å². The van der Waals surface area contributed by atoms with E-state index in [-0.39, 0.29) is 17.0 Å². The molecule has 0 unspecified atom stereocenters. The first-order valence-electron chi connectivity index (χ1n) is 7.19. The lowest BCUT2D eigenvalue weighted by Crippen LogP contribution is -1.99. The Hall–Kier alpha value is -3.08. The number of fused-ring (bicyclic) bond motifs is 2. The highest BCUT2D eigenvalue weighted by Crippen LogP contribution is 2.32. The number of pyridine rings is 1. The maximum Gasteiger partial charge on any atom is 0.175 e. The second kappa shape index (κ2) is 4.98. The second-order valence-electron chi connectivity index (χ2n) is 5.47. The SMILES string of the molecule is Cc1ccc2c(-c3ncc4c(N)ncnc4c3F)cccc2c1. The number of halogens is 1. The fourth-order valence-corrected chi connectivity index (χ4v) is 2.81. The van der Waals surface area contributed by atoms with E-state index in [1.807, 2.05) is 37.3 Å². The van der Waals surface area contributed by atoms with Crippen LogP contribution >= 0.6 is 0 Å². The number of nitrogens with two attached hydrogens (primary N) is 1. The van der Waals surface area contributed by atoms with Crippen molar-refractivity contribution in [1.82, 2.24) is 15.0 Å². The van der Waals surface area contributed by atoms with Crippen LogP contribution in [0, 0.1) is 12.7 Å². The third-order valence-electron chi connectivity index (χ3n) is 3.94. The number of aromatic nitrogens is 3. The fraction of sp³-hybridized carbons (Fsp3) is 0.0556. The molecular formula is C18H13FN4. The molecule has 2 heterocycles. The number of nitrogens with zero attached hydrogens (tertiary/aromatic N) is 3. The minimum absolute atomic E-state index is 0.187. The van der Waals surface area contributed by atoms with E-state index in [9.17, 15) is 4.39 Å². The first-order chi connectivity index (χ1) is 11.1. The molecule has 0 saturated heterocycles. The van der Waals surface area contributed by atoms with Gasteiger partial charge in [0.25, 0.3) is 0 Å². The van der Waals surface area contributed by atoms with Crippen LogP contribution in [0.4, 0.5) is 10.2 Å². The molecule has 2 N–H and O–H groups in total. The van der Waals surface area contributed by atoms with E-state index in [0.717, 1.165) is 21.9 Å². The van der Waals surface area contributed by atoms with Gasteiger partial charge in [-0.3, -0.25) is 4.98 Å². The van der Waals surface area contributed by atoms with Crippen LogP contribution in [0.3, 0.4) is 0 Å². The largest absolute Gasteiger partial charge is 0.383 e. The van der Waals surface area contributed by atoms with Crippen molar-refractivity contribution in [3.05, 3.63) is 60.3 Å². The molecule has 0 atom stereocenters. The lowest BCUT2D eigenvalue weighted by atomic mass is 9.99. The molecule has 2 aromatic heterocycles. The summed E-state index contributed by atoms with van der Waals surface area (Å²) in [5.74, 6) is -0.258. The normalized spacial score (nSPS) is 11.2. The van der Waals surface area contributed by atoms with E-state index in [1.165, 1.54) is 12.5 Å². The van der Waals surface area contributed by atoms with Gasteiger partial charge in [-0.2, -0.15) is 0 Å². The van der Waals surface area contributed by atoms with Crippen LogP contribution < -0.4 is 5.73 Å². The topological polar surface area (TPSA) is 64.7 Å². The number of nitrogen functional groups attached to an aromatic ring is 1. The number of benzene rings is 2. The van der Waals surface area contributed by atoms with Crippen molar-refractivity contribution < 1.29 is 4.39 Å². The molecule has 4 nitrogen and oxygen atoms in total. The van der Waals surface area contributed by atoms with Crippen molar-refractivity contribution >= 4 is 27.5 Å². The molecule has 2 aromatic carbocycles. The first kappa shape index (κ1) is 13.6. The van der Waals surface area contributed by atoms with Crippen molar-refractivity contribution in [2.45, 2.75) is 6.92 Å².